The van der Waals surface area contributed by atoms with E-state index >= 15 is 0 Å². The van der Waals surface area contributed by atoms with Crippen molar-refractivity contribution in [1.82, 2.24) is 18.7 Å². The van der Waals surface area contributed by atoms with E-state index in [4.69, 9.17) is 16.3 Å². The zero-order chi connectivity index (χ0) is 20.4. The molecule has 0 bridgehead atoms. The summed E-state index contributed by atoms with van der Waals surface area (Å²) in [5.74, 6) is 0. The van der Waals surface area contributed by atoms with Crippen LogP contribution in [-0.2, 0) is 17.8 Å². The predicted octanol–water partition coefficient (Wildman–Crippen LogP) is 2.70. The molecule has 148 valence electrons. The van der Waals surface area contributed by atoms with Gasteiger partial charge in [0.1, 0.15) is 0 Å². The lowest BCUT2D eigenvalue weighted by molar-refractivity contribution is 0.184. The molecule has 0 unspecified atom stereocenters. The Hall–Kier alpha value is -3.16. The van der Waals surface area contributed by atoms with Gasteiger partial charge in [0.25, 0.3) is 5.56 Å². The summed E-state index contributed by atoms with van der Waals surface area (Å²) in [5, 5.41) is 0.602. The van der Waals surface area contributed by atoms with Crippen molar-refractivity contribution >= 4 is 22.8 Å². The molecule has 0 saturated carbocycles. The van der Waals surface area contributed by atoms with E-state index in [1.54, 1.807) is 29.1 Å². The Morgan fingerprint density at radius 3 is 2.48 bits per heavy atom. The second-order valence-electron chi connectivity index (χ2n) is 6.54. The van der Waals surface area contributed by atoms with E-state index in [2.05, 4.69) is 4.98 Å². The maximum absolute atomic E-state index is 13.2. The highest BCUT2D eigenvalue weighted by Crippen LogP contribution is 2.19. The Balaban J connectivity index is 1.98. The molecule has 4 rings (SSSR count). The van der Waals surface area contributed by atoms with E-state index in [1.165, 1.54) is 16.2 Å². The van der Waals surface area contributed by atoms with Gasteiger partial charge in [0, 0.05) is 12.1 Å². The van der Waals surface area contributed by atoms with Gasteiger partial charge in [-0.1, -0.05) is 48.0 Å². The Bertz CT molecular complexity index is 1270. The van der Waals surface area contributed by atoms with Crippen molar-refractivity contribution in [3.8, 4) is 5.69 Å². The van der Waals surface area contributed by atoms with Gasteiger partial charge in [0.05, 0.1) is 31.7 Å². The van der Waals surface area contributed by atoms with Crippen LogP contribution in [0.5, 0.6) is 0 Å². The van der Waals surface area contributed by atoms with Crippen LogP contribution in [0.1, 0.15) is 5.56 Å². The van der Waals surface area contributed by atoms with Gasteiger partial charge in [-0.25, -0.2) is 14.3 Å². The van der Waals surface area contributed by atoms with Gasteiger partial charge in [-0.3, -0.25) is 9.36 Å². The van der Waals surface area contributed by atoms with Crippen molar-refractivity contribution in [1.29, 1.82) is 0 Å². The number of ether oxygens (including phenoxy) is 1. The Labute approximate surface area is 171 Å². The summed E-state index contributed by atoms with van der Waals surface area (Å²) in [6.45, 7) is 0.755. The lowest BCUT2D eigenvalue weighted by Gasteiger charge is -2.13. The Kier molecular flexibility index (Phi) is 5.33. The fourth-order valence-electron chi connectivity index (χ4n) is 3.30. The maximum Gasteiger partial charge on any atom is 0.337 e. The minimum Gasteiger partial charge on any atom is -0.383 e. The van der Waals surface area contributed by atoms with Crippen LogP contribution in [0.3, 0.4) is 0 Å². The van der Waals surface area contributed by atoms with Gasteiger partial charge in [-0.05, 0) is 23.8 Å². The van der Waals surface area contributed by atoms with Crippen molar-refractivity contribution < 1.29 is 4.74 Å². The molecule has 4 aromatic rings. The highest BCUT2D eigenvalue weighted by atomic mass is 35.5. The van der Waals surface area contributed by atoms with Crippen LogP contribution in [0, 0.1) is 0 Å². The number of nitrogens with zero attached hydrogens (tertiary/aromatic N) is 4. The average molecular weight is 411 g/mol. The van der Waals surface area contributed by atoms with Gasteiger partial charge in [0.15, 0.2) is 11.2 Å². The summed E-state index contributed by atoms with van der Waals surface area (Å²) in [7, 11) is 1.53. The number of imidazole rings is 1. The van der Waals surface area contributed by atoms with Crippen molar-refractivity contribution in [2.45, 2.75) is 13.1 Å². The van der Waals surface area contributed by atoms with Crippen LogP contribution in [0.4, 0.5) is 0 Å². The molecule has 29 heavy (non-hydrogen) atoms. The molecule has 0 fully saturated rings. The molecular formula is C21H19ClN4O3. The molecule has 0 atom stereocenters. The van der Waals surface area contributed by atoms with Gasteiger partial charge < -0.3 is 9.30 Å². The smallest absolute Gasteiger partial charge is 0.337 e. The van der Waals surface area contributed by atoms with Crippen LogP contribution < -0.4 is 11.2 Å². The van der Waals surface area contributed by atoms with Crippen LogP contribution >= 0.6 is 11.6 Å². The predicted molar refractivity (Wildman–Crippen MR) is 112 cm³/mol. The minimum absolute atomic E-state index is 0.147. The molecular weight excluding hydrogens is 392 g/mol. The number of benzene rings is 2. The molecule has 8 heteroatoms. The number of aromatic nitrogens is 4. The lowest BCUT2D eigenvalue weighted by atomic mass is 10.2. The van der Waals surface area contributed by atoms with Gasteiger partial charge >= 0.3 is 5.69 Å². The number of hydrogen-bond acceptors (Lipinski definition) is 4. The van der Waals surface area contributed by atoms with Crippen molar-refractivity contribution in [2.75, 3.05) is 13.7 Å². The van der Waals surface area contributed by atoms with Gasteiger partial charge in [-0.2, -0.15) is 0 Å². The van der Waals surface area contributed by atoms with E-state index < -0.39 is 11.2 Å². The van der Waals surface area contributed by atoms with Crippen molar-refractivity contribution in [3.05, 3.63) is 92.3 Å². The normalized spacial score (nSPS) is 11.2. The van der Waals surface area contributed by atoms with E-state index in [-0.39, 0.29) is 13.2 Å². The van der Waals surface area contributed by atoms with E-state index in [1.807, 2.05) is 36.4 Å². The Morgan fingerprint density at radius 2 is 1.76 bits per heavy atom. The fourth-order valence-corrected chi connectivity index (χ4v) is 3.49. The first-order valence-corrected chi connectivity index (χ1v) is 9.48. The molecule has 0 amide bonds. The molecule has 0 aliphatic rings. The Morgan fingerprint density at radius 1 is 1.03 bits per heavy atom. The summed E-state index contributed by atoms with van der Waals surface area (Å²) in [4.78, 5) is 30.7. The topological polar surface area (TPSA) is 71.1 Å². The first-order chi connectivity index (χ1) is 14.1. The zero-order valence-corrected chi connectivity index (χ0v) is 16.5. The number of hydrogen-bond donors (Lipinski definition) is 0. The summed E-state index contributed by atoms with van der Waals surface area (Å²) in [6.07, 6.45) is 1.56. The quantitative estimate of drug-likeness (QED) is 0.490. The van der Waals surface area contributed by atoms with E-state index in [0.717, 1.165) is 5.56 Å². The highest BCUT2D eigenvalue weighted by Gasteiger charge is 2.19. The van der Waals surface area contributed by atoms with E-state index in [0.29, 0.717) is 28.4 Å². The average Bonchev–Trinajstić information content (AvgIpc) is 3.14. The van der Waals surface area contributed by atoms with Gasteiger partial charge in [-0.15, -0.1) is 0 Å². The SMILES string of the molecule is COCCn1c(=O)c2c(ncn2Cc2ccccc2Cl)n(-c2ccccc2)c1=O. The van der Waals surface area contributed by atoms with E-state index in [9.17, 15) is 9.59 Å². The van der Waals surface area contributed by atoms with Crippen LogP contribution in [0.2, 0.25) is 5.02 Å². The molecule has 0 aliphatic carbocycles. The van der Waals surface area contributed by atoms with Crippen LogP contribution in [0.15, 0.2) is 70.5 Å². The highest BCUT2D eigenvalue weighted by molar-refractivity contribution is 6.31. The molecule has 0 N–H and O–H groups in total. The molecule has 0 spiro atoms. The monoisotopic (exact) mass is 410 g/mol. The number of fused-ring (bicyclic) bond motifs is 1. The first kappa shape index (κ1) is 19.2. The number of rotatable bonds is 6. The number of halogens is 1. The minimum atomic E-state index is -0.450. The number of methoxy groups -OCH3 is 1. The summed E-state index contributed by atoms with van der Waals surface area (Å²) >= 11 is 6.30. The summed E-state index contributed by atoms with van der Waals surface area (Å²) < 4.78 is 9.45. The standard InChI is InChI=1S/C21H19ClN4O3/c1-29-12-11-25-20(27)18-19(26(21(25)28)16-8-3-2-4-9-16)23-14-24(18)13-15-7-5-6-10-17(15)22/h2-10,14H,11-13H2,1H3. The molecule has 2 heterocycles. The lowest BCUT2D eigenvalue weighted by Crippen LogP contribution is -2.41. The molecule has 7 nitrogen and oxygen atoms in total. The third-order valence-electron chi connectivity index (χ3n) is 4.73. The maximum atomic E-state index is 13.2. The third-order valence-corrected chi connectivity index (χ3v) is 5.10. The van der Waals surface area contributed by atoms with Crippen molar-refractivity contribution in [3.63, 3.8) is 0 Å². The molecule has 0 aliphatic heterocycles. The molecule has 0 saturated heterocycles. The van der Waals surface area contributed by atoms with Crippen LogP contribution in [0.25, 0.3) is 16.9 Å². The second-order valence-corrected chi connectivity index (χ2v) is 6.95. The fraction of sp³-hybridized carbons (Fsp3) is 0.190. The van der Waals surface area contributed by atoms with Gasteiger partial charge in [0.2, 0.25) is 0 Å². The molecule has 2 aromatic heterocycles. The number of para-hydroxylation sites is 1. The van der Waals surface area contributed by atoms with Crippen LogP contribution in [-0.4, -0.2) is 32.4 Å². The second kappa shape index (κ2) is 8.06. The largest absolute Gasteiger partial charge is 0.383 e. The first-order valence-electron chi connectivity index (χ1n) is 9.10. The van der Waals surface area contributed by atoms with Crippen molar-refractivity contribution in [2.24, 2.45) is 0 Å². The molecule has 2 aromatic carbocycles. The summed E-state index contributed by atoms with van der Waals surface area (Å²) in [6, 6.07) is 16.6. The third kappa shape index (κ3) is 3.50. The summed E-state index contributed by atoms with van der Waals surface area (Å²) in [5.41, 5.74) is 1.29. The molecule has 0 radical (unpaired) electrons. The zero-order valence-electron chi connectivity index (χ0n) is 15.8.